The first-order valence-corrected chi connectivity index (χ1v) is 6.66. The van der Waals surface area contributed by atoms with E-state index in [0.29, 0.717) is 6.42 Å². The Balaban J connectivity index is 2.83. The fourth-order valence-corrected chi connectivity index (χ4v) is 2.41. The van der Waals surface area contributed by atoms with Gasteiger partial charge in [0.1, 0.15) is 0 Å². The predicted molar refractivity (Wildman–Crippen MR) is 62.0 cm³/mol. The van der Waals surface area contributed by atoms with Crippen LogP contribution >= 0.6 is 0 Å². The fraction of sp³-hybridized carbons (Fsp3) is 0.364. The third kappa shape index (κ3) is 3.65. The summed E-state index contributed by atoms with van der Waals surface area (Å²) in [5.41, 5.74) is 0.909. The van der Waals surface area contributed by atoms with Crippen LogP contribution < -0.4 is 4.72 Å². The summed E-state index contributed by atoms with van der Waals surface area (Å²) in [7, 11) is -3.50. The van der Waals surface area contributed by atoms with Crippen LogP contribution in [0, 0.1) is 11.3 Å². The Hall–Kier alpha value is -1.38. The second-order valence-electron chi connectivity index (χ2n) is 3.41. The highest BCUT2D eigenvalue weighted by molar-refractivity contribution is 7.89. The maximum Gasteiger partial charge on any atom is 0.225 e. The van der Waals surface area contributed by atoms with E-state index in [4.69, 9.17) is 5.26 Å². The van der Waals surface area contributed by atoms with Crippen molar-refractivity contribution in [3.8, 4) is 6.07 Å². The number of sulfonamides is 1. The molecule has 1 aromatic carbocycles. The van der Waals surface area contributed by atoms with Gasteiger partial charge in [0.15, 0.2) is 5.75 Å². The lowest BCUT2D eigenvalue weighted by molar-refractivity contribution is 0.553. The van der Waals surface area contributed by atoms with Gasteiger partial charge >= 0.3 is 0 Å². The standard InChI is InChI=1S/C11H14N2O2S/c1-2-11(10-6-4-3-5-7-10)13-16(14,15)9-8-12/h3-7,11,13H,2,9H2,1H3. The molecule has 0 aliphatic heterocycles. The van der Waals surface area contributed by atoms with Crippen molar-refractivity contribution in [3.63, 3.8) is 0 Å². The number of rotatable bonds is 5. The molecular weight excluding hydrogens is 224 g/mol. The fourth-order valence-electron chi connectivity index (χ4n) is 1.42. The molecule has 16 heavy (non-hydrogen) atoms. The molecule has 1 unspecified atom stereocenters. The molecular formula is C11H14N2O2S. The van der Waals surface area contributed by atoms with E-state index in [0.717, 1.165) is 5.56 Å². The molecule has 0 bridgehead atoms. The van der Waals surface area contributed by atoms with E-state index in [2.05, 4.69) is 4.72 Å². The second kappa shape index (κ2) is 5.64. The molecule has 0 fully saturated rings. The van der Waals surface area contributed by atoms with Gasteiger partial charge in [0, 0.05) is 6.04 Å². The average Bonchev–Trinajstić information content (AvgIpc) is 2.27. The molecule has 0 saturated carbocycles. The number of nitrogens with one attached hydrogen (secondary N) is 1. The molecule has 1 rings (SSSR count). The molecule has 0 radical (unpaired) electrons. The van der Waals surface area contributed by atoms with Gasteiger partial charge in [0.25, 0.3) is 0 Å². The molecule has 1 N–H and O–H groups in total. The summed E-state index contributed by atoms with van der Waals surface area (Å²) in [5.74, 6) is -0.504. The molecule has 0 heterocycles. The zero-order chi connectivity index (χ0) is 12.0. The molecule has 86 valence electrons. The van der Waals surface area contributed by atoms with Crippen molar-refractivity contribution in [1.82, 2.24) is 4.72 Å². The van der Waals surface area contributed by atoms with E-state index in [9.17, 15) is 8.42 Å². The minimum atomic E-state index is -3.50. The molecule has 1 aromatic rings. The third-order valence-electron chi connectivity index (χ3n) is 2.19. The number of hydrogen-bond donors (Lipinski definition) is 1. The van der Waals surface area contributed by atoms with Crippen molar-refractivity contribution in [2.45, 2.75) is 19.4 Å². The molecule has 0 amide bonds. The van der Waals surface area contributed by atoms with E-state index in [1.54, 1.807) is 6.07 Å². The topological polar surface area (TPSA) is 70.0 Å². The monoisotopic (exact) mass is 238 g/mol. The number of nitriles is 1. The Labute approximate surface area is 96.0 Å². The third-order valence-corrected chi connectivity index (χ3v) is 3.34. The lowest BCUT2D eigenvalue weighted by atomic mass is 10.1. The highest BCUT2D eigenvalue weighted by atomic mass is 32.2. The molecule has 0 spiro atoms. The Morgan fingerprint density at radius 2 is 2.00 bits per heavy atom. The van der Waals surface area contributed by atoms with Crippen LogP contribution in [0.15, 0.2) is 30.3 Å². The van der Waals surface area contributed by atoms with Crippen molar-refractivity contribution in [2.75, 3.05) is 5.75 Å². The lowest BCUT2D eigenvalue weighted by Gasteiger charge is -2.16. The predicted octanol–water partition coefficient (Wildman–Crippen LogP) is 1.58. The largest absolute Gasteiger partial charge is 0.225 e. The average molecular weight is 238 g/mol. The van der Waals surface area contributed by atoms with Crippen molar-refractivity contribution in [3.05, 3.63) is 35.9 Å². The molecule has 0 aliphatic rings. The van der Waals surface area contributed by atoms with Crippen LogP contribution in [-0.2, 0) is 10.0 Å². The Bertz CT molecular complexity index is 463. The summed E-state index contributed by atoms with van der Waals surface area (Å²) >= 11 is 0. The zero-order valence-corrected chi connectivity index (χ0v) is 9.87. The van der Waals surface area contributed by atoms with Gasteiger partial charge in [-0.25, -0.2) is 13.1 Å². The summed E-state index contributed by atoms with van der Waals surface area (Å²) in [4.78, 5) is 0. The van der Waals surface area contributed by atoms with E-state index in [-0.39, 0.29) is 6.04 Å². The molecule has 0 saturated heterocycles. The van der Waals surface area contributed by atoms with E-state index in [1.807, 2.05) is 37.3 Å². The van der Waals surface area contributed by atoms with Gasteiger partial charge in [-0.2, -0.15) is 5.26 Å². The zero-order valence-electron chi connectivity index (χ0n) is 9.05. The van der Waals surface area contributed by atoms with Crippen molar-refractivity contribution in [2.24, 2.45) is 0 Å². The summed E-state index contributed by atoms with van der Waals surface area (Å²) in [6.07, 6.45) is 0.647. The van der Waals surface area contributed by atoms with E-state index < -0.39 is 15.8 Å². The SMILES string of the molecule is CCC(NS(=O)(=O)CC#N)c1ccccc1. The number of benzene rings is 1. The first-order chi connectivity index (χ1) is 7.59. The van der Waals surface area contributed by atoms with E-state index >= 15 is 0 Å². The minimum Gasteiger partial charge on any atom is -0.211 e. The van der Waals surface area contributed by atoms with Gasteiger partial charge < -0.3 is 0 Å². The van der Waals surface area contributed by atoms with Gasteiger partial charge in [0.2, 0.25) is 10.0 Å². The van der Waals surface area contributed by atoms with Crippen LogP contribution in [0.2, 0.25) is 0 Å². The minimum absolute atomic E-state index is 0.264. The second-order valence-corrected chi connectivity index (χ2v) is 5.16. The summed E-state index contributed by atoms with van der Waals surface area (Å²) < 4.78 is 25.4. The smallest absolute Gasteiger partial charge is 0.211 e. The van der Waals surface area contributed by atoms with Gasteiger partial charge in [-0.1, -0.05) is 37.3 Å². The van der Waals surface area contributed by atoms with Gasteiger partial charge in [-0.05, 0) is 12.0 Å². The van der Waals surface area contributed by atoms with Crippen LogP contribution in [0.4, 0.5) is 0 Å². The first kappa shape index (κ1) is 12.7. The Kier molecular flexibility index (Phi) is 4.47. The molecule has 0 aromatic heterocycles. The first-order valence-electron chi connectivity index (χ1n) is 5.01. The quantitative estimate of drug-likeness (QED) is 0.846. The van der Waals surface area contributed by atoms with Crippen LogP contribution in [0.3, 0.4) is 0 Å². The lowest BCUT2D eigenvalue weighted by Crippen LogP contribution is -2.29. The highest BCUT2D eigenvalue weighted by Gasteiger charge is 2.17. The Morgan fingerprint density at radius 3 is 2.50 bits per heavy atom. The van der Waals surface area contributed by atoms with E-state index in [1.165, 1.54) is 0 Å². The molecule has 5 heteroatoms. The molecule has 4 nitrogen and oxygen atoms in total. The highest BCUT2D eigenvalue weighted by Crippen LogP contribution is 2.16. The van der Waals surface area contributed by atoms with Crippen molar-refractivity contribution in [1.29, 1.82) is 5.26 Å². The molecule has 1 atom stereocenters. The van der Waals surface area contributed by atoms with Crippen LogP contribution in [0.1, 0.15) is 24.9 Å². The Morgan fingerprint density at radius 1 is 1.38 bits per heavy atom. The normalized spacial score (nSPS) is 13.0. The summed E-state index contributed by atoms with van der Waals surface area (Å²) in [6.45, 7) is 1.90. The van der Waals surface area contributed by atoms with Crippen LogP contribution in [0.5, 0.6) is 0 Å². The van der Waals surface area contributed by atoms with Crippen molar-refractivity contribution >= 4 is 10.0 Å². The van der Waals surface area contributed by atoms with Crippen LogP contribution in [-0.4, -0.2) is 14.2 Å². The van der Waals surface area contributed by atoms with Gasteiger partial charge in [-0.15, -0.1) is 0 Å². The van der Waals surface area contributed by atoms with Crippen LogP contribution in [0.25, 0.3) is 0 Å². The number of nitrogens with zero attached hydrogens (tertiary/aromatic N) is 1. The van der Waals surface area contributed by atoms with Crippen molar-refractivity contribution < 1.29 is 8.42 Å². The van der Waals surface area contributed by atoms with Gasteiger partial charge in [0.05, 0.1) is 6.07 Å². The maximum atomic E-state index is 11.4. The maximum absolute atomic E-state index is 11.4. The molecule has 0 aliphatic carbocycles. The number of hydrogen-bond acceptors (Lipinski definition) is 3. The summed E-state index contributed by atoms with van der Waals surface area (Å²) in [5, 5.41) is 8.39. The summed E-state index contributed by atoms with van der Waals surface area (Å²) in [6, 6.07) is 10.7. The van der Waals surface area contributed by atoms with Gasteiger partial charge in [-0.3, -0.25) is 0 Å².